The summed E-state index contributed by atoms with van der Waals surface area (Å²) >= 11 is 0. The molecular formula is C8H14N2O4. The highest BCUT2D eigenvalue weighted by atomic mass is 16.6. The van der Waals surface area contributed by atoms with Gasteiger partial charge in [-0.15, -0.1) is 0 Å². The monoisotopic (exact) mass is 202 g/mol. The minimum Gasteiger partial charge on any atom is -0.395 e. The van der Waals surface area contributed by atoms with Crippen LogP contribution in [0.3, 0.4) is 0 Å². The molecule has 0 spiro atoms. The van der Waals surface area contributed by atoms with Crippen molar-refractivity contribution in [3.8, 4) is 0 Å². The summed E-state index contributed by atoms with van der Waals surface area (Å²) in [6.45, 7) is 2.43. The lowest BCUT2D eigenvalue weighted by Crippen LogP contribution is -2.35. The van der Waals surface area contributed by atoms with Gasteiger partial charge in [-0.05, 0) is 6.92 Å². The van der Waals surface area contributed by atoms with Crippen LogP contribution in [0.25, 0.3) is 0 Å². The van der Waals surface area contributed by atoms with Crippen molar-refractivity contribution in [2.45, 2.75) is 19.4 Å². The summed E-state index contributed by atoms with van der Waals surface area (Å²) < 4.78 is 0. The summed E-state index contributed by atoms with van der Waals surface area (Å²) in [6, 6.07) is -0.699. The molecule has 0 aliphatic heterocycles. The minimum absolute atomic E-state index is 0.102. The molecule has 0 heterocycles. The molecule has 1 rings (SSSR count). The average Bonchev–Trinajstić information content (AvgIpc) is 2.92. The van der Waals surface area contributed by atoms with Crippen molar-refractivity contribution in [2.24, 2.45) is 5.92 Å². The quantitative estimate of drug-likeness (QED) is 0.481. The predicted octanol–water partition coefficient (Wildman–Crippen LogP) is -0.508. The normalized spacial score (nSPS) is 24.4. The maximum atomic E-state index is 11.6. The smallest absolute Gasteiger partial charge is 0.232 e. The van der Waals surface area contributed by atoms with Gasteiger partial charge < -0.3 is 10.0 Å². The first kappa shape index (κ1) is 10.9. The molecule has 2 unspecified atom stereocenters. The maximum absolute atomic E-state index is 11.6. The third-order valence-corrected chi connectivity index (χ3v) is 2.41. The number of amides is 1. The van der Waals surface area contributed by atoms with Crippen molar-refractivity contribution in [1.29, 1.82) is 0 Å². The fourth-order valence-electron chi connectivity index (χ4n) is 1.46. The van der Waals surface area contributed by atoms with E-state index in [-0.39, 0.29) is 19.1 Å². The number of carbonyl (C=O) groups excluding carboxylic acids is 1. The molecule has 1 amide bonds. The van der Waals surface area contributed by atoms with Crippen LogP contribution in [0, 0.1) is 16.0 Å². The fourth-order valence-corrected chi connectivity index (χ4v) is 1.46. The van der Waals surface area contributed by atoms with Crippen LogP contribution >= 0.6 is 0 Å². The standard InChI is InChI=1S/C8H14N2O4/c1-2-9(3-4-11)8(12)6-5-7(6)10(13)14/h6-7,11H,2-5H2,1H3. The van der Waals surface area contributed by atoms with E-state index in [0.717, 1.165) is 0 Å². The second-order valence-corrected chi connectivity index (χ2v) is 3.34. The lowest BCUT2D eigenvalue weighted by Gasteiger charge is -2.18. The van der Waals surface area contributed by atoms with Gasteiger partial charge in [0.15, 0.2) is 0 Å². The molecular weight excluding hydrogens is 188 g/mol. The molecule has 1 saturated carbocycles. The molecule has 0 aromatic heterocycles. The van der Waals surface area contributed by atoms with Crippen molar-refractivity contribution in [1.82, 2.24) is 4.90 Å². The summed E-state index contributed by atoms with van der Waals surface area (Å²) in [6.07, 6.45) is 0.341. The third-order valence-electron chi connectivity index (χ3n) is 2.41. The molecule has 14 heavy (non-hydrogen) atoms. The Hall–Kier alpha value is -1.17. The molecule has 6 nitrogen and oxygen atoms in total. The average molecular weight is 202 g/mol. The first-order chi connectivity index (χ1) is 6.61. The Kier molecular flexibility index (Phi) is 3.40. The molecule has 6 heteroatoms. The van der Waals surface area contributed by atoms with Crippen LogP contribution in [-0.2, 0) is 4.79 Å². The third kappa shape index (κ3) is 2.20. The summed E-state index contributed by atoms with van der Waals surface area (Å²) in [5, 5.41) is 19.0. The lowest BCUT2D eigenvalue weighted by molar-refractivity contribution is -0.497. The van der Waals surface area contributed by atoms with Crippen LogP contribution in [0.2, 0.25) is 0 Å². The first-order valence-electron chi connectivity index (χ1n) is 4.65. The number of hydrogen-bond donors (Lipinski definition) is 1. The second-order valence-electron chi connectivity index (χ2n) is 3.34. The summed E-state index contributed by atoms with van der Waals surface area (Å²) in [5.41, 5.74) is 0. The van der Waals surface area contributed by atoms with Crippen LogP contribution in [-0.4, -0.2) is 46.6 Å². The van der Waals surface area contributed by atoms with Crippen LogP contribution in [0.5, 0.6) is 0 Å². The number of hydrogen-bond acceptors (Lipinski definition) is 4. The van der Waals surface area contributed by atoms with Crippen molar-refractivity contribution < 1.29 is 14.8 Å². The molecule has 1 aliphatic rings. The van der Waals surface area contributed by atoms with E-state index in [1.165, 1.54) is 4.90 Å². The van der Waals surface area contributed by atoms with Crippen molar-refractivity contribution >= 4 is 5.91 Å². The molecule has 2 atom stereocenters. The van der Waals surface area contributed by atoms with Gasteiger partial charge in [0.05, 0.1) is 6.61 Å². The number of likely N-dealkylation sites (N-methyl/N-ethyl adjacent to an activating group) is 1. The predicted molar refractivity (Wildman–Crippen MR) is 48.2 cm³/mol. The molecule has 0 radical (unpaired) electrons. The van der Waals surface area contributed by atoms with E-state index in [9.17, 15) is 14.9 Å². The fraction of sp³-hybridized carbons (Fsp3) is 0.875. The van der Waals surface area contributed by atoms with E-state index in [2.05, 4.69) is 0 Å². The van der Waals surface area contributed by atoms with Crippen LogP contribution in [0.4, 0.5) is 0 Å². The van der Waals surface area contributed by atoms with Crippen molar-refractivity contribution in [3.05, 3.63) is 10.1 Å². The maximum Gasteiger partial charge on any atom is 0.232 e. The summed E-state index contributed by atoms with van der Waals surface area (Å²) in [7, 11) is 0. The van der Waals surface area contributed by atoms with Gasteiger partial charge in [-0.25, -0.2) is 0 Å². The molecule has 0 saturated heterocycles. The van der Waals surface area contributed by atoms with Crippen LogP contribution in [0.1, 0.15) is 13.3 Å². The zero-order valence-corrected chi connectivity index (χ0v) is 8.05. The molecule has 1 N–H and O–H groups in total. The molecule has 0 aromatic carbocycles. The number of nitrogens with zero attached hydrogens (tertiary/aromatic N) is 2. The van der Waals surface area contributed by atoms with Gasteiger partial charge in [0.2, 0.25) is 11.9 Å². The summed E-state index contributed by atoms with van der Waals surface area (Å²) in [4.78, 5) is 22.9. The minimum atomic E-state index is -0.699. The highest BCUT2D eigenvalue weighted by Gasteiger charge is 2.54. The van der Waals surface area contributed by atoms with Gasteiger partial charge in [0.25, 0.3) is 0 Å². The molecule has 80 valence electrons. The van der Waals surface area contributed by atoms with Gasteiger partial charge in [-0.2, -0.15) is 0 Å². The number of aliphatic hydroxyl groups is 1. The van der Waals surface area contributed by atoms with E-state index in [1.807, 2.05) is 0 Å². The van der Waals surface area contributed by atoms with E-state index in [0.29, 0.717) is 13.0 Å². The SMILES string of the molecule is CCN(CCO)C(=O)C1CC1[N+](=O)[O-]. The Balaban J connectivity index is 2.45. The Morgan fingerprint density at radius 1 is 1.71 bits per heavy atom. The second kappa shape index (κ2) is 4.36. The largest absolute Gasteiger partial charge is 0.395 e. The lowest BCUT2D eigenvalue weighted by atomic mass is 10.3. The number of carbonyl (C=O) groups is 1. The molecule has 1 aliphatic carbocycles. The molecule has 1 fully saturated rings. The van der Waals surface area contributed by atoms with Gasteiger partial charge in [-0.1, -0.05) is 0 Å². The first-order valence-corrected chi connectivity index (χ1v) is 4.65. The highest BCUT2D eigenvalue weighted by Crippen LogP contribution is 2.34. The Bertz CT molecular complexity index is 243. The number of rotatable bonds is 5. The van der Waals surface area contributed by atoms with E-state index in [1.54, 1.807) is 6.92 Å². The van der Waals surface area contributed by atoms with E-state index in [4.69, 9.17) is 5.11 Å². The van der Waals surface area contributed by atoms with Gasteiger partial charge in [0, 0.05) is 24.4 Å². The number of nitro groups is 1. The zero-order chi connectivity index (χ0) is 10.7. The molecule has 0 bridgehead atoms. The van der Waals surface area contributed by atoms with Gasteiger partial charge >= 0.3 is 0 Å². The van der Waals surface area contributed by atoms with Crippen LogP contribution in [0.15, 0.2) is 0 Å². The Morgan fingerprint density at radius 3 is 2.71 bits per heavy atom. The van der Waals surface area contributed by atoms with Crippen molar-refractivity contribution in [3.63, 3.8) is 0 Å². The highest BCUT2D eigenvalue weighted by molar-refractivity contribution is 5.82. The van der Waals surface area contributed by atoms with E-state index < -0.39 is 16.9 Å². The van der Waals surface area contributed by atoms with E-state index >= 15 is 0 Å². The zero-order valence-electron chi connectivity index (χ0n) is 8.05. The Morgan fingerprint density at radius 2 is 2.36 bits per heavy atom. The van der Waals surface area contributed by atoms with Crippen molar-refractivity contribution in [2.75, 3.05) is 19.7 Å². The van der Waals surface area contributed by atoms with Crippen LogP contribution < -0.4 is 0 Å². The number of aliphatic hydroxyl groups excluding tert-OH is 1. The van der Waals surface area contributed by atoms with Gasteiger partial charge in [0.1, 0.15) is 5.92 Å². The molecule has 0 aromatic rings. The topological polar surface area (TPSA) is 83.7 Å². The Labute approximate surface area is 81.7 Å². The summed E-state index contributed by atoms with van der Waals surface area (Å²) in [5.74, 6) is -0.667. The van der Waals surface area contributed by atoms with Gasteiger partial charge in [-0.3, -0.25) is 14.9 Å².